The Morgan fingerprint density at radius 2 is 1.96 bits per heavy atom. The zero-order valence-electron chi connectivity index (χ0n) is 14.6. The number of nitrogens with zero attached hydrogens (tertiary/aromatic N) is 3. The number of anilines is 1. The van der Waals surface area contributed by atoms with Gasteiger partial charge in [-0.25, -0.2) is 8.42 Å². The number of hydrogen-bond donors (Lipinski definition) is 0. The Labute approximate surface area is 152 Å². The van der Waals surface area contributed by atoms with Gasteiger partial charge in [0, 0.05) is 31.1 Å². The van der Waals surface area contributed by atoms with E-state index in [1.807, 2.05) is 24.3 Å². The Balaban J connectivity index is 1.60. The standard InChI is InChI=1S/C18H21N3O4S/c1-2-26(23,24)21-13-18(14-5-3-4-6-15(14)21)8-11-20(12-9-18)17(22)16-7-10-19-25-16/h3-7,10H,2,8-9,11-13H2,1H3. The minimum Gasteiger partial charge on any atom is -0.351 e. The third-order valence-electron chi connectivity index (χ3n) is 5.55. The summed E-state index contributed by atoms with van der Waals surface area (Å²) < 4.78 is 31.6. The number of piperidine rings is 1. The van der Waals surface area contributed by atoms with Crippen LogP contribution >= 0.6 is 0 Å². The SMILES string of the molecule is CCS(=O)(=O)N1CC2(CCN(C(=O)c3ccno3)CC2)c2ccccc21. The first-order valence-electron chi connectivity index (χ1n) is 8.77. The average molecular weight is 375 g/mol. The second-order valence-corrected chi connectivity index (χ2v) is 9.06. The number of carbonyl (C=O) groups excluding carboxylic acids is 1. The number of aromatic nitrogens is 1. The highest BCUT2D eigenvalue weighted by Crippen LogP contribution is 2.48. The Hall–Kier alpha value is -2.35. The van der Waals surface area contributed by atoms with E-state index in [4.69, 9.17) is 4.52 Å². The van der Waals surface area contributed by atoms with Gasteiger partial charge in [0.05, 0.1) is 17.6 Å². The molecule has 4 rings (SSSR count). The molecule has 0 aliphatic carbocycles. The molecule has 0 saturated carbocycles. The lowest BCUT2D eigenvalue weighted by molar-refractivity contribution is 0.0633. The molecule has 1 saturated heterocycles. The minimum absolute atomic E-state index is 0.0769. The molecule has 1 aromatic carbocycles. The molecule has 138 valence electrons. The van der Waals surface area contributed by atoms with Crippen molar-refractivity contribution < 1.29 is 17.7 Å². The molecule has 0 radical (unpaired) electrons. The number of fused-ring (bicyclic) bond motifs is 2. The first-order valence-corrected chi connectivity index (χ1v) is 10.4. The minimum atomic E-state index is -3.32. The average Bonchev–Trinajstić information content (AvgIpc) is 3.30. The van der Waals surface area contributed by atoms with Gasteiger partial charge in [-0.2, -0.15) is 0 Å². The fourth-order valence-electron chi connectivity index (χ4n) is 4.04. The van der Waals surface area contributed by atoms with Crippen molar-refractivity contribution in [1.29, 1.82) is 0 Å². The molecule has 7 nitrogen and oxygen atoms in total. The van der Waals surface area contributed by atoms with Crippen LogP contribution in [0.4, 0.5) is 5.69 Å². The van der Waals surface area contributed by atoms with Crippen LogP contribution < -0.4 is 4.31 Å². The van der Waals surface area contributed by atoms with Gasteiger partial charge in [-0.05, 0) is 31.4 Å². The van der Waals surface area contributed by atoms with E-state index in [2.05, 4.69) is 5.16 Å². The molecular formula is C18H21N3O4S. The van der Waals surface area contributed by atoms with E-state index in [1.165, 1.54) is 6.20 Å². The van der Waals surface area contributed by atoms with Crippen molar-refractivity contribution in [2.45, 2.75) is 25.2 Å². The summed E-state index contributed by atoms with van der Waals surface area (Å²) in [6.07, 6.45) is 2.90. The van der Waals surface area contributed by atoms with Gasteiger partial charge in [-0.1, -0.05) is 23.4 Å². The van der Waals surface area contributed by atoms with Gasteiger partial charge < -0.3 is 9.42 Å². The molecule has 0 atom stereocenters. The van der Waals surface area contributed by atoms with Gasteiger partial charge in [0.25, 0.3) is 5.91 Å². The lowest BCUT2D eigenvalue weighted by Crippen LogP contribution is -2.47. The maximum atomic E-state index is 12.6. The van der Waals surface area contributed by atoms with Crippen LogP contribution in [0, 0.1) is 0 Å². The van der Waals surface area contributed by atoms with Crippen LogP contribution in [0.5, 0.6) is 0 Å². The topological polar surface area (TPSA) is 83.7 Å². The van der Waals surface area contributed by atoms with Crippen molar-refractivity contribution in [2.75, 3.05) is 29.7 Å². The van der Waals surface area contributed by atoms with Crippen molar-refractivity contribution in [3.8, 4) is 0 Å². The number of likely N-dealkylation sites (tertiary alicyclic amines) is 1. The monoisotopic (exact) mass is 375 g/mol. The molecule has 2 aromatic rings. The van der Waals surface area contributed by atoms with Gasteiger partial charge in [-0.15, -0.1) is 0 Å². The summed E-state index contributed by atoms with van der Waals surface area (Å²) in [6.45, 7) is 3.25. The highest BCUT2D eigenvalue weighted by molar-refractivity contribution is 7.92. The summed E-state index contributed by atoms with van der Waals surface area (Å²) in [5.41, 5.74) is 1.62. The number of carbonyl (C=O) groups is 1. The Bertz CT molecular complexity index is 916. The lowest BCUT2D eigenvalue weighted by Gasteiger charge is -2.39. The number of rotatable bonds is 3. The molecule has 1 spiro atoms. The second-order valence-electron chi connectivity index (χ2n) is 6.87. The Morgan fingerprint density at radius 1 is 1.23 bits per heavy atom. The van der Waals surface area contributed by atoms with Crippen molar-refractivity contribution in [2.24, 2.45) is 0 Å². The summed E-state index contributed by atoms with van der Waals surface area (Å²) in [4.78, 5) is 14.2. The molecule has 1 fully saturated rings. The summed E-state index contributed by atoms with van der Waals surface area (Å²) >= 11 is 0. The largest absolute Gasteiger partial charge is 0.351 e. The van der Waals surface area contributed by atoms with E-state index in [0.29, 0.717) is 19.6 Å². The molecule has 3 heterocycles. The predicted octanol–water partition coefficient (Wildman–Crippen LogP) is 2.02. The predicted molar refractivity (Wildman–Crippen MR) is 96.6 cm³/mol. The summed E-state index contributed by atoms with van der Waals surface area (Å²) in [6, 6.07) is 9.29. The van der Waals surface area contributed by atoms with E-state index < -0.39 is 10.0 Å². The number of sulfonamides is 1. The first-order chi connectivity index (χ1) is 12.5. The van der Waals surface area contributed by atoms with Crippen molar-refractivity contribution in [3.63, 3.8) is 0 Å². The summed E-state index contributed by atoms with van der Waals surface area (Å²) in [7, 11) is -3.32. The van der Waals surface area contributed by atoms with Crippen LogP contribution in [0.2, 0.25) is 0 Å². The zero-order valence-corrected chi connectivity index (χ0v) is 15.4. The maximum absolute atomic E-state index is 12.6. The maximum Gasteiger partial charge on any atom is 0.292 e. The fraction of sp³-hybridized carbons (Fsp3) is 0.444. The van der Waals surface area contributed by atoms with E-state index in [0.717, 1.165) is 24.1 Å². The zero-order chi connectivity index (χ0) is 18.4. The van der Waals surface area contributed by atoms with E-state index in [-0.39, 0.29) is 22.8 Å². The van der Waals surface area contributed by atoms with Gasteiger partial charge in [-0.3, -0.25) is 9.10 Å². The number of amides is 1. The van der Waals surface area contributed by atoms with Gasteiger partial charge in [0.2, 0.25) is 15.8 Å². The van der Waals surface area contributed by atoms with Crippen molar-refractivity contribution >= 4 is 21.6 Å². The molecule has 0 N–H and O–H groups in total. The number of hydrogen-bond acceptors (Lipinski definition) is 5. The van der Waals surface area contributed by atoms with E-state index >= 15 is 0 Å². The smallest absolute Gasteiger partial charge is 0.292 e. The normalized spacial score (nSPS) is 19.0. The van der Waals surface area contributed by atoms with Gasteiger partial charge in [0.15, 0.2) is 0 Å². The quantitative estimate of drug-likeness (QED) is 0.819. The molecule has 2 aliphatic heterocycles. The molecule has 26 heavy (non-hydrogen) atoms. The Morgan fingerprint density at radius 3 is 2.62 bits per heavy atom. The second kappa shape index (κ2) is 6.12. The molecule has 8 heteroatoms. The summed E-state index contributed by atoms with van der Waals surface area (Å²) in [5.74, 6) is 0.151. The molecule has 0 unspecified atom stereocenters. The van der Waals surface area contributed by atoms with E-state index in [9.17, 15) is 13.2 Å². The van der Waals surface area contributed by atoms with E-state index in [1.54, 1.807) is 22.2 Å². The first kappa shape index (κ1) is 17.1. The molecule has 0 bridgehead atoms. The van der Waals surface area contributed by atoms with Crippen LogP contribution in [0.1, 0.15) is 35.9 Å². The third kappa shape index (κ3) is 2.59. The van der Waals surface area contributed by atoms with Crippen molar-refractivity contribution in [3.05, 3.63) is 47.9 Å². The highest BCUT2D eigenvalue weighted by atomic mass is 32.2. The molecule has 2 aliphatic rings. The molecular weight excluding hydrogens is 354 g/mol. The van der Waals surface area contributed by atoms with Gasteiger partial charge >= 0.3 is 0 Å². The van der Waals surface area contributed by atoms with Crippen LogP contribution in [0.15, 0.2) is 41.1 Å². The highest BCUT2D eigenvalue weighted by Gasteiger charge is 2.48. The van der Waals surface area contributed by atoms with Crippen LogP contribution in [0.3, 0.4) is 0 Å². The van der Waals surface area contributed by atoms with Crippen molar-refractivity contribution in [1.82, 2.24) is 10.1 Å². The van der Waals surface area contributed by atoms with Crippen LogP contribution in [-0.2, 0) is 15.4 Å². The third-order valence-corrected chi connectivity index (χ3v) is 7.27. The molecule has 1 amide bonds. The Kier molecular flexibility index (Phi) is 4.02. The number of para-hydroxylation sites is 1. The lowest BCUT2D eigenvalue weighted by atomic mass is 9.74. The molecule has 1 aromatic heterocycles. The van der Waals surface area contributed by atoms with Crippen LogP contribution in [0.25, 0.3) is 0 Å². The van der Waals surface area contributed by atoms with Crippen LogP contribution in [-0.4, -0.2) is 49.8 Å². The fourth-order valence-corrected chi connectivity index (χ4v) is 5.25. The summed E-state index contributed by atoms with van der Waals surface area (Å²) in [5, 5.41) is 3.59. The van der Waals surface area contributed by atoms with Gasteiger partial charge in [0.1, 0.15) is 0 Å². The number of benzene rings is 1.